The zero-order chi connectivity index (χ0) is 22.0. The largest absolute Gasteiger partial charge is 0.446 e. The van der Waals surface area contributed by atoms with E-state index >= 15 is 0 Å². The number of aromatic amines is 1. The van der Waals surface area contributed by atoms with Gasteiger partial charge in [-0.2, -0.15) is 5.10 Å². The number of aryl methyl sites for hydroxylation is 1. The van der Waals surface area contributed by atoms with E-state index in [0.717, 1.165) is 41.8 Å². The smallest absolute Gasteiger partial charge is 0.407 e. The topological polar surface area (TPSA) is 119 Å². The number of pyridine rings is 1. The van der Waals surface area contributed by atoms with E-state index in [2.05, 4.69) is 30.8 Å². The fourth-order valence-electron chi connectivity index (χ4n) is 4.00. The fraction of sp³-hybridized carbons (Fsp3) is 0.524. The molecule has 0 bridgehead atoms. The number of rotatable bonds is 7. The summed E-state index contributed by atoms with van der Waals surface area (Å²) < 4.78 is 12.8. The number of methoxy groups -OCH3 is 1. The zero-order valence-electron chi connectivity index (χ0n) is 18.3. The van der Waals surface area contributed by atoms with Crippen LogP contribution in [-0.4, -0.2) is 50.1 Å². The van der Waals surface area contributed by atoms with Crippen molar-refractivity contribution in [1.29, 1.82) is 0 Å². The molecule has 10 heteroatoms. The SMILES string of the molecule is COCc1nc2c(Nc3cc([C@H]4CC[C@@H](OC(=O)NC(C)C)C4)[nH]n3)nccc2n1C. The van der Waals surface area contributed by atoms with Crippen molar-refractivity contribution < 1.29 is 14.3 Å². The second-order valence-corrected chi connectivity index (χ2v) is 8.22. The monoisotopic (exact) mass is 427 g/mol. The lowest BCUT2D eigenvalue weighted by Gasteiger charge is -2.14. The molecule has 1 aliphatic carbocycles. The van der Waals surface area contributed by atoms with Gasteiger partial charge in [-0.1, -0.05) is 0 Å². The molecule has 0 radical (unpaired) electrons. The first-order valence-electron chi connectivity index (χ1n) is 10.5. The molecule has 1 saturated carbocycles. The van der Waals surface area contributed by atoms with Crippen LogP contribution in [0.3, 0.4) is 0 Å². The summed E-state index contributed by atoms with van der Waals surface area (Å²) in [6.45, 7) is 4.25. The molecular weight excluding hydrogens is 398 g/mol. The minimum atomic E-state index is -0.352. The second-order valence-electron chi connectivity index (χ2n) is 8.22. The molecule has 3 aromatic rings. The maximum atomic E-state index is 11.8. The van der Waals surface area contributed by atoms with Gasteiger partial charge in [0.15, 0.2) is 11.6 Å². The Morgan fingerprint density at radius 1 is 1.39 bits per heavy atom. The molecule has 10 nitrogen and oxygen atoms in total. The maximum absolute atomic E-state index is 11.8. The standard InChI is InChI=1S/C21H29N7O3/c1-12(2)23-21(29)31-14-6-5-13(9-14)15-10-17(27-26-15)24-20-19-16(7-8-22-20)28(3)18(25-19)11-30-4/h7-8,10,12-14H,5-6,9,11H2,1-4H3,(H,23,29)(H2,22,24,26,27)/t13-,14+/m0/s1. The molecule has 3 N–H and O–H groups in total. The number of amides is 1. The van der Waals surface area contributed by atoms with Gasteiger partial charge in [-0.25, -0.2) is 14.8 Å². The van der Waals surface area contributed by atoms with Gasteiger partial charge < -0.3 is 24.7 Å². The number of nitrogens with one attached hydrogen (secondary N) is 3. The van der Waals surface area contributed by atoms with Crippen LogP contribution in [0.25, 0.3) is 11.0 Å². The predicted octanol–water partition coefficient (Wildman–Crippen LogP) is 3.35. The summed E-state index contributed by atoms with van der Waals surface area (Å²) in [7, 11) is 3.61. The molecule has 3 heterocycles. The molecule has 31 heavy (non-hydrogen) atoms. The Hall–Kier alpha value is -3.14. The van der Waals surface area contributed by atoms with E-state index in [4.69, 9.17) is 9.47 Å². The van der Waals surface area contributed by atoms with Crippen molar-refractivity contribution in [3.63, 3.8) is 0 Å². The minimum Gasteiger partial charge on any atom is -0.446 e. The Bertz CT molecular complexity index is 1060. The van der Waals surface area contributed by atoms with E-state index in [1.54, 1.807) is 13.3 Å². The summed E-state index contributed by atoms with van der Waals surface area (Å²) in [5, 5.41) is 13.6. The number of hydrogen-bond donors (Lipinski definition) is 3. The number of nitrogens with zero attached hydrogens (tertiary/aromatic N) is 4. The summed E-state index contributed by atoms with van der Waals surface area (Å²) in [4.78, 5) is 21.0. The highest BCUT2D eigenvalue weighted by atomic mass is 16.6. The van der Waals surface area contributed by atoms with Crippen molar-refractivity contribution in [3.05, 3.63) is 29.8 Å². The van der Waals surface area contributed by atoms with Crippen LogP contribution in [0.15, 0.2) is 18.3 Å². The molecule has 0 unspecified atom stereocenters. The minimum absolute atomic E-state index is 0.0636. The highest BCUT2D eigenvalue weighted by Gasteiger charge is 2.30. The van der Waals surface area contributed by atoms with E-state index < -0.39 is 0 Å². The van der Waals surface area contributed by atoms with Crippen molar-refractivity contribution in [2.24, 2.45) is 7.05 Å². The second kappa shape index (κ2) is 8.93. The van der Waals surface area contributed by atoms with Crippen molar-refractivity contribution in [2.75, 3.05) is 12.4 Å². The van der Waals surface area contributed by atoms with E-state index in [9.17, 15) is 4.79 Å². The number of fused-ring (bicyclic) bond motifs is 1. The first-order valence-corrected chi connectivity index (χ1v) is 10.5. The predicted molar refractivity (Wildman–Crippen MR) is 116 cm³/mol. The van der Waals surface area contributed by atoms with Gasteiger partial charge in [0.1, 0.15) is 24.1 Å². The average Bonchev–Trinajstić information content (AvgIpc) is 3.43. The van der Waals surface area contributed by atoms with Gasteiger partial charge in [-0.3, -0.25) is 5.10 Å². The Labute approximate surface area is 180 Å². The van der Waals surface area contributed by atoms with Gasteiger partial charge in [0.25, 0.3) is 0 Å². The van der Waals surface area contributed by atoms with Crippen molar-refractivity contribution in [2.45, 2.75) is 57.8 Å². The Kier molecular flexibility index (Phi) is 6.08. The summed E-state index contributed by atoms with van der Waals surface area (Å²) >= 11 is 0. The Morgan fingerprint density at radius 2 is 2.23 bits per heavy atom. The van der Waals surface area contributed by atoms with Gasteiger partial charge in [0.2, 0.25) is 0 Å². The summed E-state index contributed by atoms with van der Waals surface area (Å²) in [6.07, 6.45) is 3.88. The normalized spacial score (nSPS) is 18.6. The van der Waals surface area contributed by atoms with Gasteiger partial charge in [-0.05, 0) is 39.2 Å². The third-order valence-electron chi connectivity index (χ3n) is 5.51. The van der Waals surface area contributed by atoms with Crippen LogP contribution in [0.1, 0.15) is 50.5 Å². The molecule has 166 valence electrons. The van der Waals surface area contributed by atoms with Gasteiger partial charge in [0, 0.05) is 44.1 Å². The van der Waals surface area contributed by atoms with Crippen LogP contribution in [0, 0.1) is 0 Å². The number of ether oxygens (including phenoxy) is 2. The van der Waals surface area contributed by atoms with Crippen molar-refractivity contribution in [3.8, 4) is 0 Å². The number of hydrogen-bond acceptors (Lipinski definition) is 7. The van der Waals surface area contributed by atoms with Crippen molar-refractivity contribution in [1.82, 2.24) is 30.0 Å². The maximum Gasteiger partial charge on any atom is 0.407 e. The molecule has 1 fully saturated rings. The van der Waals surface area contributed by atoms with Gasteiger partial charge in [0.05, 0.1) is 5.52 Å². The molecule has 3 aromatic heterocycles. The number of aromatic nitrogens is 5. The molecular formula is C21H29N7O3. The lowest BCUT2D eigenvalue weighted by Crippen LogP contribution is -2.33. The van der Waals surface area contributed by atoms with Crippen LogP contribution < -0.4 is 10.6 Å². The molecule has 4 rings (SSSR count). The van der Waals surface area contributed by atoms with Crippen LogP contribution in [0.4, 0.5) is 16.4 Å². The molecule has 2 atom stereocenters. The zero-order valence-corrected chi connectivity index (χ0v) is 18.3. The summed E-state index contributed by atoms with van der Waals surface area (Å²) in [5.74, 6) is 2.42. The average molecular weight is 428 g/mol. The third kappa shape index (κ3) is 4.63. The van der Waals surface area contributed by atoms with Crippen LogP contribution in [0.5, 0.6) is 0 Å². The molecule has 0 saturated heterocycles. The fourth-order valence-corrected chi connectivity index (χ4v) is 4.00. The highest BCUT2D eigenvalue weighted by Crippen LogP contribution is 2.36. The van der Waals surface area contributed by atoms with E-state index in [0.29, 0.717) is 18.2 Å². The Balaban J connectivity index is 1.43. The first kappa shape index (κ1) is 21.1. The quantitative estimate of drug-likeness (QED) is 0.529. The molecule has 0 aliphatic heterocycles. The third-order valence-corrected chi connectivity index (χ3v) is 5.51. The lowest BCUT2D eigenvalue weighted by atomic mass is 10.0. The lowest BCUT2D eigenvalue weighted by molar-refractivity contribution is 0.0981. The molecule has 1 amide bonds. The van der Waals surface area contributed by atoms with E-state index in [1.165, 1.54) is 0 Å². The van der Waals surface area contributed by atoms with Gasteiger partial charge in [-0.15, -0.1) is 0 Å². The highest BCUT2D eigenvalue weighted by molar-refractivity contribution is 5.88. The number of carbonyl (C=O) groups excluding carboxylic acids is 1. The molecule has 1 aliphatic rings. The van der Waals surface area contributed by atoms with Gasteiger partial charge >= 0.3 is 6.09 Å². The number of H-pyrrole nitrogens is 1. The Morgan fingerprint density at radius 3 is 3.00 bits per heavy atom. The molecule has 0 spiro atoms. The number of imidazole rings is 1. The summed E-state index contributed by atoms with van der Waals surface area (Å²) in [6, 6.07) is 3.98. The molecule has 0 aromatic carbocycles. The van der Waals surface area contributed by atoms with Crippen LogP contribution in [-0.2, 0) is 23.1 Å². The number of anilines is 2. The van der Waals surface area contributed by atoms with Crippen LogP contribution >= 0.6 is 0 Å². The van der Waals surface area contributed by atoms with E-state index in [-0.39, 0.29) is 24.2 Å². The number of alkyl carbamates (subject to hydrolysis) is 1. The van der Waals surface area contributed by atoms with Crippen LogP contribution in [0.2, 0.25) is 0 Å². The van der Waals surface area contributed by atoms with E-state index in [1.807, 2.05) is 37.6 Å². The number of carbonyl (C=O) groups is 1. The van der Waals surface area contributed by atoms with Crippen molar-refractivity contribution >= 4 is 28.8 Å². The summed E-state index contributed by atoms with van der Waals surface area (Å²) in [5.41, 5.74) is 2.76. The first-order chi connectivity index (χ1) is 14.9.